The van der Waals surface area contributed by atoms with E-state index in [-0.39, 0.29) is 23.2 Å². The highest BCUT2D eigenvalue weighted by atomic mass is 32.1. The van der Waals surface area contributed by atoms with Crippen molar-refractivity contribution >= 4 is 25.0 Å². The molecule has 0 aromatic heterocycles. The maximum atomic E-state index is 15.9. The van der Waals surface area contributed by atoms with Gasteiger partial charge in [-0.05, 0) is 13.0 Å². The fourth-order valence-electron chi connectivity index (χ4n) is 2.87. The molecule has 3 N–H and O–H groups in total. The van der Waals surface area contributed by atoms with Crippen molar-refractivity contribution in [3.05, 3.63) is 54.0 Å². The second-order valence-corrected chi connectivity index (χ2v) is 8.60. The zero-order chi connectivity index (χ0) is 24.4. The first-order valence-corrected chi connectivity index (χ1v) is 10.6. The molecular formula is C18H20FN2O7PS. The van der Waals surface area contributed by atoms with Crippen molar-refractivity contribution in [2.24, 2.45) is 0 Å². The maximum Gasteiger partial charge on any atom is 0.530 e. The Hall–Kier alpha value is -1.85. The summed E-state index contributed by atoms with van der Waals surface area (Å²) in [4.78, 5) is 1.10. The summed E-state index contributed by atoms with van der Waals surface area (Å²) in [6.45, 7) is 1.19. The number of fused-ring (bicyclic) bond motifs is 1. The molecule has 0 bridgehead atoms. The van der Waals surface area contributed by atoms with Crippen molar-refractivity contribution in [1.29, 1.82) is 0 Å². The van der Waals surface area contributed by atoms with Crippen LogP contribution < -0.4 is 9.84 Å². The standard InChI is InChI=1S/C18H20FN2O7PS/c1-10-7-21(11(2)20-16(10)30)17-14(22)15(23)18(19,27-17)9-26-29(24)25-8-12-5-3-4-6-13(12)28-29/h3-7,14-15,17,22-23H,2,8-9H2,1H3,(H,20,30)/t14-,15+,17-,18-,29?/m1/s1/i9D2,17D. The van der Waals surface area contributed by atoms with Gasteiger partial charge in [-0.3, -0.25) is 9.05 Å². The third-order valence-corrected chi connectivity index (χ3v) is 6.11. The minimum atomic E-state index is -4.73. The van der Waals surface area contributed by atoms with E-state index in [4.69, 9.17) is 34.6 Å². The third-order valence-electron chi connectivity index (χ3n) is 4.51. The van der Waals surface area contributed by atoms with Crippen LogP contribution in [0.5, 0.6) is 5.75 Å². The molecule has 3 aliphatic heterocycles. The fourth-order valence-corrected chi connectivity index (χ4v) is 4.14. The number of nitrogens with one attached hydrogen (secondary N) is 1. The van der Waals surface area contributed by atoms with Gasteiger partial charge in [0.15, 0.2) is 6.20 Å². The van der Waals surface area contributed by atoms with Crippen LogP contribution in [-0.2, 0) is 25.0 Å². The van der Waals surface area contributed by atoms with Gasteiger partial charge >= 0.3 is 7.82 Å². The van der Waals surface area contributed by atoms with Crippen LogP contribution in [-0.4, -0.2) is 50.9 Å². The molecule has 1 unspecified atom stereocenters. The molecule has 0 radical (unpaired) electrons. The molecule has 0 aliphatic carbocycles. The number of phosphoric ester groups is 1. The summed E-state index contributed by atoms with van der Waals surface area (Å²) in [6, 6.07) is 6.28. The van der Waals surface area contributed by atoms with Crippen LogP contribution in [0.4, 0.5) is 4.39 Å². The van der Waals surface area contributed by atoms with Crippen LogP contribution in [0.2, 0.25) is 0 Å². The Morgan fingerprint density at radius 2 is 2.30 bits per heavy atom. The zero-order valence-corrected chi connectivity index (χ0v) is 17.3. The molecule has 3 heterocycles. The van der Waals surface area contributed by atoms with Crippen LogP contribution in [0.25, 0.3) is 0 Å². The van der Waals surface area contributed by atoms with Gasteiger partial charge < -0.3 is 29.7 Å². The lowest BCUT2D eigenvalue weighted by Crippen LogP contribution is -2.47. The Morgan fingerprint density at radius 1 is 1.57 bits per heavy atom. The second-order valence-electron chi connectivity index (χ2n) is 6.67. The summed E-state index contributed by atoms with van der Waals surface area (Å²) >= 11 is 5.06. The van der Waals surface area contributed by atoms with Gasteiger partial charge in [-0.2, -0.15) is 0 Å². The summed E-state index contributed by atoms with van der Waals surface area (Å²) < 4.78 is 73.3. The van der Waals surface area contributed by atoms with Crippen molar-refractivity contribution in [1.82, 2.24) is 10.2 Å². The molecule has 1 saturated heterocycles. The summed E-state index contributed by atoms with van der Waals surface area (Å²) in [5.41, 5.74) is 0.897. The van der Waals surface area contributed by atoms with Crippen molar-refractivity contribution in [3.63, 3.8) is 0 Å². The molecule has 30 heavy (non-hydrogen) atoms. The van der Waals surface area contributed by atoms with Crippen molar-refractivity contribution in [2.75, 3.05) is 6.56 Å². The monoisotopic (exact) mass is 461 g/mol. The van der Waals surface area contributed by atoms with Gasteiger partial charge in [0.2, 0.25) is 0 Å². The largest absolute Gasteiger partial charge is 0.530 e. The summed E-state index contributed by atoms with van der Waals surface area (Å²) in [5.74, 6) is -3.90. The molecule has 0 amide bonds. The number of rotatable bonds is 4. The Morgan fingerprint density at radius 3 is 3.07 bits per heavy atom. The number of phosphoric acid groups is 1. The number of aliphatic hydroxyl groups excluding tert-OH is 2. The first kappa shape index (κ1) is 17.8. The number of hydrogen-bond donors (Lipinski definition) is 3. The highest BCUT2D eigenvalue weighted by molar-refractivity contribution is 7.80. The van der Waals surface area contributed by atoms with E-state index in [1.165, 1.54) is 12.3 Å². The first-order valence-electron chi connectivity index (χ1n) is 10.2. The summed E-state index contributed by atoms with van der Waals surface area (Å²) in [6.07, 6.45) is -6.56. The molecule has 9 nitrogen and oxygen atoms in total. The molecule has 162 valence electrons. The Bertz CT molecular complexity index is 1110. The van der Waals surface area contributed by atoms with Gasteiger partial charge in [-0.25, -0.2) is 8.96 Å². The van der Waals surface area contributed by atoms with Gasteiger partial charge in [-0.1, -0.05) is 37.0 Å². The lowest BCUT2D eigenvalue weighted by Gasteiger charge is -2.35. The van der Waals surface area contributed by atoms with Gasteiger partial charge in [0.1, 0.15) is 35.3 Å². The summed E-state index contributed by atoms with van der Waals surface area (Å²) in [7, 11) is -4.73. The molecule has 12 heteroatoms. The Kier molecular flexibility index (Phi) is 4.56. The molecule has 3 aliphatic rings. The molecule has 1 aromatic rings. The predicted octanol–water partition coefficient (Wildman–Crippen LogP) is 2.07. The van der Waals surface area contributed by atoms with Crippen LogP contribution in [0.1, 0.15) is 16.6 Å². The van der Waals surface area contributed by atoms with E-state index in [2.05, 4.69) is 11.9 Å². The molecule has 0 spiro atoms. The Balaban J connectivity index is 1.63. The smallest absolute Gasteiger partial charge is 0.404 e. The van der Waals surface area contributed by atoms with Gasteiger partial charge in [0.25, 0.3) is 5.85 Å². The topological polar surface area (TPSA) is 110 Å². The zero-order valence-electron chi connectivity index (χ0n) is 18.6. The summed E-state index contributed by atoms with van der Waals surface area (Å²) in [5, 5.41) is 23.6. The molecule has 0 saturated carbocycles. The first-order chi connectivity index (χ1) is 15.2. The number of alkyl halides is 1. The van der Waals surface area contributed by atoms with E-state index < -0.39 is 38.6 Å². The average molecular weight is 461 g/mol. The predicted molar refractivity (Wildman–Crippen MR) is 107 cm³/mol. The molecular weight excluding hydrogens is 438 g/mol. The van der Waals surface area contributed by atoms with E-state index in [1.54, 1.807) is 25.1 Å². The molecule has 4 rings (SSSR count). The second kappa shape index (κ2) is 7.69. The third kappa shape index (κ3) is 3.78. The number of para-hydroxylation sites is 1. The fraction of sp³-hybridized carbons (Fsp3) is 0.389. The minimum absolute atomic E-state index is 0.0748. The van der Waals surface area contributed by atoms with E-state index in [0.29, 0.717) is 11.1 Å². The van der Waals surface area contributed by atoms with Crippen LogP contribution in [0.15, 0.2) is 48.4 Å². The van der Waals surface area contributed by atoms with E-state index in [0.717, 1.165) is 4.90 Å². The molecule has 1 fully saturated rings. The lowest BCUT2D eigenvalue weighted by atomic mass is 10.1. The lowest BCUT2D eigenvalue weighted by molar-refractivity contribution is -0.207. The number of aliphatic hydroxyl groups is 2. The van der Waals surface area contributed by atoms with E-state index in [9.17, 15) is 14.8 Å². The maximum absolute atomic E-state index is 15.9. The molecule has 5 atom stereocenters. The highest BCUT2D eigenvalue weighted by Crippen LogP contribution is 2.55. The minimum Gasteiger partial charge on any atom is -0.404 e. The van der Waals surface area contributed by atoms with Crippen molar-refractivity contribution < 1.29 is 41.6 Å². The number of nitrogens with zero attached hydrogens (tertiary/aromatic N) is 1. The number of hydrogen-bond acceptors (Lipinski definition) is 9. The van der Waals surface area contributed by atoms with Crippen LogP contribution >= 0.6 is 20.0 Å². The van der Waals surface area contributed by atoms with Crippen molar-refractivity contribution in [3.8, 4) is 5.75 Å². The van der Waals surface area contributed by atoms with Gasteiger partial charge in [0, 0.05) is 17.3 Å². The number of thiocarbonyl (C=S) groups is 1. The molecule has 1 aromatic carbocycles. The van der Waals surface area contributed by atoms with Gasteiger partial charge in [0.05, 0.1) is 10.7 Å². The quantitative estimate of drug-likeness (QED) is 0.455. The van der Waals surface area contributed by atoms with E-state index in [1.807, 2.05) is 0 Å². The average Bonchev–Trinajstić information content (AvgIpc) is 2.91. The normalized spacial score (nSPS) is 40.5. The highest BCUT2D eigenvalue weighted by Gasteiger charge is 2.58. The van der Waals surface area contributed by atoms with E-state index >= 15 is 4.39 Å². The number of ether oxygens (including phenoxy) is 1. The number of benzene rings is 1. The SMILES string of the molecule is [2H]C([2H])(OP1(=O)OCc2ccccc2O1)[C@@]1(F)O[C@@]([2H])(N2C=C(C)C(=S)NC2=C)[C@H](O)[C@@H]1O. The number of halogens is 1. The Labute approximate surface area is 181 Å². The van der Waals surface area contributed by atoms with Crippen LogP contribution in [0, 0.1) is 0 Å². The van der Waals surface area contributed by atoms with Gasteiger partial charge in [-0.15, -0.1) is 0 Å². The van der Waals surface area contributed by atoms with Crippen molar-refractivity contribution in [2.45, 2.75) is 37.8 Å². The van der Waals surface area contributed by atoms with Crippen LogP contribution in [0.3, 0.4) is 0 Å².